The van der Waals surface area contributed by atoms with Crippen molar-refractivity contribution in [2.75, 3.05) is 5.32 Å². The summed E-state index contributed by atoms with van der Waals surface area (Å²) in [6.45, 7) is 3.86. The Labute approximate surface area is 93.1 Å². The molecule has 16 heavy (non-hydrogen) atoms. The van der Waals surface area contributed by atoms with Crippen LogP contribution in [0.4, 0.5) is 5.82 Å². The Kier molecular flexibility index (Phi) is 4.04. The van der Waals surface area contributed by atoms with E-state index < -0.39 is 5.97 Å². The fraction of sp³-hybridized carbons (Fsp3) is 0.500. The zero-order chi connectivity index (χ0) is 12.1. The molecule has 0 unspecified atom stereocenters. The van der Waals surface area contributed by atoms with Gasteiger partial charge in [-0.25, -0.2) is 4.79 Å². The molecular weight excluding hydrogens is 210 g/mol. The molecule has 0 fully saturated rings. The Morgan fingerprint density at radius 1 is 1.50 bits per heavy atom. The van der Waals surface area contributed by atoms with Crippen LogP contribution in [0.25, 0.3) is 0 Å². The van der Waals surface area contributed by atoms with Gasteiger partial charge in [-0.3, -0.25) is 9.89 Å². The zero-order valence-electron chi connectivity index (χ0n) is 9.28. The minimum absolute atomic E-state index is 0.0418. The molecule has 1 heterocycles. The van der Waals surface area contributed by atoms with Crippen LogP contribution in [0, 0.1) is 5.92 Å². The van der Waals surface area contributed by atoms with E-state index in [4.69, 9.17) is 5.11 Å². The second-order valence-electron chi connectivity index (χ2n) is 3.47. The summed E-state index contributed by atoms with van der Waals surface area (Å²) in [6.07, 6.45) is 1.50. The summed E-state index contributed by atoms with van der Waals surface area (Å²) >= 11 is 0. The van der Waals surface area contributed by atoms with Gasteiger partial charge < -0.3 is 10.4 Å². The number of rotatable bonds is 5. The molecule has 0 aliphatic carbocycles. The molecule has 1 amide bonds. The second-order valence-corrected chi connectivity index (χ2v) is 3.47. The number of carboxylic acids is 1. The van der Waals surface area contributed by atoms with Crippen LogP contribution in [0.5, 0.6) is 0 Å². The van der Waals surface area contributed by atoms with Crippen LogP contribution in [-0.4, -0.2) is 27.2 Å². The number of carbonyl (C=O) groups excluding carboxylic acids is 1. The predicted molar refractivity (Wildman–Crippen MR) is 58.2 cm³/mol. The van der Waals surface area contributed by atoms with E-state index in [-0.39, 0.29) is 23.3 Å². The summed E-state index contributed by atoms with van der Waals surface area (Å²) in [6, 6.07) is 1.29. The van der Waals surface area contributed by atoms with Gasteiger partial charge in [-0.1, -0.05) is 13.8 Å². The van der Waals surface area contributed by atoms with Gasteiger partial charge in [-0.15, -0.1) is 0 Å². The topological polar surface area (TPSA) is 95.1 Å². The SMILES string of the molecule is CCC(CC)C(=O)Nc1cc(C(=O)O)[nH]n1. The highest BCUT2D eigenvalue weighted by atomic mass is 16.4. The molecular formula is C10H15N3O3. The number of anilines is 1. The summed E-state index contributed by atoms with van der Waals surface area (Å²) in [5.74, 6) is -1.05. The summed E-state index contributed by atoms with van der Waals surface area (Å²) in [5.41, 5.74) is -0.0418. The van der Waals surface area contributed by atoms with E-state index >= 15 is 0 Å². The van der Waals surface area contributed by atoms with Crippen LogP contribution in [0.15, 0.2) is 6.07 Å². The molecule has 1 aromatic rings. The number of aromatic nitrogens is 2. The number of H-pyrrole nitrogens is 1. The number of aromatic carboxylic acids is 1. The number of amides is 1. The highest BCUT2D eigenvalue weighted by Gasteiger charge is 2.16. The lowest BCUT2D eigenvalue weighted by molar-refractivity contribution is -0.120. The number of hydrogen-bond acceptors (Lipinski definition) is 3. The lowest BCUT2D eigenvalue weighted by Gasteiger charge is -2.10. The molecule has 0 saturated heterocycles. The lowest BCUT2D eigenvalue weighted by Crippen LogP contribution is -2.21. The van der Waals surface area contributed by atoms with Crippen molar-refractivity contribution in [2.45, 2.75) is 26.7 Å². The number of carbonyl (C=O) groups is 2. The fourth-order valence-corrected chi connectivity index (χ4v) is 1.38. The smallest absolute Gasteiger partial charge is 0.353 e. The van der Waals surface area contributed by atoms with Crippen molar-refractivity contribution >= 4 is 17.7 Å². The van der Waals surface area contributed by atoms with E-state index in [1.165, 1.54) is 6.07 Å². The van der Waals surface area contributed by atoms with Crippen LogP contribution < -0.4 is 5.32 Å². The van der Waals surface area contributed by atoms with Gasteiger partial charge in [-0.2, -0.15) is 5.10 Å². The quantitative estimate of drug-likeness (QED) is 0.707. The Morgan fingerprint density at radius 3 is 2.56 bits per heavy atom. The molecule has 88 valence electrons. The van der Waals surface area contributed by atoms with Crippen molar-refractivity contribution in [3.8, 4) is 0 Å². The molecule has 0 aliphatic heterocycles. The monoisotopic (exact) mass is 225 g/mol. The van der Waals surface area contributed by atoms with E-state index in [0.717, 1.165) is 12.8 Å². The summed E-state index contributed by atoms with van der Waals surface area (Å²) in [7, 11) is 0. The van der Waals surface area contributed by atoms with Gasteiger partial charge in [0.15, 0.2) is 5.82 Å². The third-order valence-electron chi connectivity index (χ3n) is 2.42. The Morgan fingerprint density at radius 2 is 2.12 bits per heavy atom. The van der Waals surface area contributed by atoms with Crippen molar-refractivity contribution < 1.29 is 14.7 Å². The lowest BCUT2D eigenvalue weighted by atomic mass is 10.0. The van der Waals surface area contributed by atoms with Gasteiger partial charge in [0.1, 0.15) is 5.69 Å². The van der Waals surface area contributed by atoms with Crippen LogP contribution in [0.1, 0.15) is 37.2 Å². The van der Waals surface area contributed by atoms with E-state index in [0.29, 0.717) is 0 Å². The number of hydrogen-bond donors (Lipinski definition) is 3. The van der Waals surface area contributed by atoms with Crippen molar-refractivity contribution in [3.05, 3.63) is 11.8 Å². The molecule has 0 saturated carbocycles. The van der Waals surface area contributed by atoms with E-state index in [9.17, 15) is 9.59 Å². The minimum atomic E-state index is -1.10. The third-order valence-corrected chi connectivity index (χ3v) is 2.42. The molecule has 0 atom stereocenters. The standard InChI is InChI=1S/C10H15N3O3/c1-3-6(4-2)9(14)11-8-5-7(10(15)16)12-13-8/h5-6H,3-4H2,1-2H3,(H,15,16)(H2,11,12,13,14). The summed E-state index contributed by atoms with van der Waals surface area (Å²) in [5, 5.41) is 17.2. The highest BCUT2D eigenvalue weighted by Crippen LogP contribution is 2.12. The van der Waals surface area contributed by atoms with Crippen LogP contribution in [0.3, 0.4) is 0 Å². The fourth-order valence-electron chi connectivity index (χ4n) is 1.38. The van der Waals surface area contributed by atoms with Crippen LogP contribution >= 0.6 is 0 Å². The van der Waals surface area contributed by atoms with Gasteiger partial charge in [0.05, 0.1) is 0 Å². The average Bonchev–Trinajstić information content (AvgIpc) is 2.68. The van der Waals surface area contributed by atoms with Crippen molar-refractivity contribution in [1.82, 2.24) is 10.2 Å². The maximum atomic E-state index is 11.6. The Balaban J connectivity index is 2.65. The number of nitrogens with one attached hydrogen (secondary N) is 2. The predicted octanol–water partition coefficient (Wildman–Crippen LogP) is 1.48. The maximum Gasteiger partial charge on any atom is 0.353 e. The first kappa shape index (κ1) is 12.2. The van der Waals surface area contributed by atoms with Gasteiger partial charge >= 0.3 is 5.97 Å². The highest BCUT2D eigenvalue weighted by molar-refractivity contribution is 5.93. The number of carboxylic acid groups (broad SMARTS) is 1. The van der Waals surface area contributed by atoms with Gasteiger partial charge in [0.2, 0.25) is 5.91 Å². The van der Waals surface area contributed by atoms with Gasteiger partial charge in [-0.05, 0) is 12.8 Å². The van der Waals surface area contributed by atoms with E-state index in [1.807, 2.05) is 13.8 Å². The van der Waals surface area contributed by atoms with Crippen molar-refractivity contribution in [3.63, 3.8) is 0 Å². The zero-order valence-corrected chi connectivity index (χ0v) is 9.28. The molecule has 1 aromatic heterocycles. The Hall–Kier alpha value is -1.85. The molecule has 6 heteroatoms. The second kappa shape index (κ2) is 5.29. The molecule has 0 spiro atoms. The van der Waals surface area contributed by atoms with E-state index in [2.05, 4.69) is 15.5 Å². The van der Waals surface area contributed by atoms with Crippen LogP contribution in [0.2, 0.25) is 0 Å². The molecule has 3 N–H and O–H groups in total. The normalized spacial score (nSPS) is 10.4. The van der Waals surface area contributed by atoms with Crippen molar-refractivity contribution in [2.24, 2.45) is 5.92 Å². The van der Waals surface area contributed by atoms with E-state index in [1.54, 1.807) is 0 Å². The molecule has 1 rings (SSSR count). The minimum Gasteiger partial charge on any atom is -0.477 e. The molecule has 6 nitrogen and oxygen atoms in total. The molecule has 0 aliphatic rings. The molecule has 0 bridgehead atoms. The number of aromatic amines is 1. The van der Waals surface area contributed by atoms with Gasteiger partial charge in [0.25, 0.3) is 0 Å². The first-order chi connectivity index (χ1) is 7.58. The van der Waals surface area contributed by atoms with Gasteiger partial charge in [0, 0.05) is 12.0 Å². The first-order valence-corrected chi connectivity index (χ1v) is 5.18. The largest absolute Gasteiger partial charge is 0.477 e. The molecule has 0 radical (unpaired) electrons. The third kappa shape index (κ3) is 2.82. The first-order valence-electron chi connectivity index (χ1n) is 5.18. The van der Waals surface area contributed by atoms with Crippen LogP contribution in [-0.2, 0) is 4.79 Å². The summed E-state index contributed by atoms with van der Waals surface area (Å²) in [4.78, 5) is 22.2. The Bertz CT molecular complexity index is 382. The molecule has 0 aromatic carbocycles. The van der Waals surface area contributed by atoms with Crippen molar-refractivity contribution in [1.29, 1.82) is 0 Å². The number of nitrogens with zero attached hydrogens (tertiary/aromatic N) is 1. The maximum absolute atomic E-state index is 11.6. The summed E-state index contributed by atoms with van der Waals surface area (Å²) < 4.78 is 0. The average molecular weight is 225 g/mol.